The van der Waals surface area contributed by atoms with Crippen LogP contribution in [0.5, 0.6) is 0 Å². The third kappa shape index (κ3) is 4.81. The molecule has 2 saturated heterocycles. The van der Waals surface area contributed by atoms with Crippen molar-refractivity contribution >= 4 is 17.4 Å². The van der Waals surface area contributed by atoms with Crippen LogP contribution in [-0.2, 0) is 4.74 Å². The van der Waals surface area contributed by atoms with E-state index >= 15 is 0 Å². The van der Waals surface area contributed by atoms with E-state index in [2.05, 4.69) is 27.9 Å². The number of carbonyl (C=O) groups excluding carboxylic acids is 1. The number of amidine groups is 1. The molecular formula is C28H34N6O2. The van der Waals surface area contributed by atoms with Gasteiger partial charge in [-0.1, -0.05) is 12.1 Å². The monoisotopic (exact) mass is 486 g/mol. The number of rotatable bonds is 5. The number of hydrazine groups is 1. The molecule has 5 rings (SSSR count). The molecule has 0 aromatic heterocycles. The molecule has 3 heterocycles. The maximum absolute atomic E-state index is 13.7. The van der Waals surface area contributed by atoms with Crippen molar-refractivity contribution in [3.8, 4) is 6.07 Å². The number of hydrogen-bond donors (Lipinski definition) is 2. The summed E-state index contributed by atoms with van der Waals surface area (Å²) in [5, 5.41) is 9.05. The Bertz CT molecular complexity index is 1190. The summed E-state index contributed by atoms with van der Waals surface area (Å²) in [6, 6.07) is 14.2. The quantitative estimate of drug-likeness (QED) is 0.674. The van der Waals surface area contributed by atoms with Gasteiger partial charge in [0, 0.05) is 50.1 Å². The number of benzene rings is 2. The zero-order chi connectivity index (χ0) is 25.2. The lowest BCUT2D eigenvalue weighted by Gasteiger charge is -2.33. The number of likely N-dealkylation sites (tertiary alicyclic amines) is 1. The Hall–Kier alpha value is -3.41. The van der Waals surface area contributed by atoms with E-state index in [9.17, 15) is 4.79 Å². The number of carbonyl (C=O) groups is 1. The Morgan fingerprint density at radius 2 is 1.89 bits per heavy atom. The highest BCUT2D eigenvalue weighted by molar-refractivity contribution is 6.07. The Morgan fingerprint density at radius 3 is 2.50 bits per heavy atom. The number of amides is 1. The molecule has 0 radical (unpaired) electrons. The molecule has 2 fully saturated rings. The lowest BCUT2D eigenvalue weighted by atomic mass is 9.88. The van der Waals surface area contributed by atoms with Gasteiger partial charge < -0.3 is 20.0 Å². The Balaban J connectivity index is 1.36. The summed E-state index contributed by atoms with van der Waals surface area (Å²) >= 11 is 0. The van der Waals surface area contributed by atoms with Gasteiger partial charge in [-0.3, -0.25) is 4.79 Å². The van der Waals surface area contributed by atoms with Crippen molar-refractivity contribution in [2.75, 3.05) is 38.2 Å². The minimum atomic E-state index is -0.0279. The van der Waals surface area contributed by atoms with Crippen molar-refractivity contribution in [3.63, 3.8) is 0 Å². The summed E-state index contributed by atoms with van der Waals surface area (Å²) in [5.74, 6) is 1.26. The van der Waals surface area contributed by atoms with Gasteiger partial charge in [0.1, 0.15) is 12.0 Å². The highest BCUT2D eigenvalue weighted by atomic mass is 16.5. The van der Waals surface area contributed by atoms with E-state index in [1.807, 2.05) is 49.1 Å². The van der Waals surface area contributed by atoms with E-state index in [1.165, 1.54) is 5.56 Å². The van der Waals surface area contributed by atoms with Crippen LogP contribution in [0.25, 0.3) is 0 Å². The van der Waals surface area contributed by atoms with Gasteiger partial charge in [-0.15, -0.1) is 0 Å². The van der Waals surface area contributed by atoms with Crippen LogP contribution in [-0.4, -0.2) is 62.2 Å². The second-order valence-corrected chi connectivity index (χ2v) is 10.00. The van der Waals surface area contributed by atoms with Crippen LogP contribution in [0.4, 0.5) is 5.69 Å². The van der Waals surface area contributed by atoms with Crippen LogP contribution >= 0.6 is 0 Å². The van der Waals surface area contributed by atoms with E-state index in [4.69, 9.17) is 15.0 Å². The number of anilines is 1. The van der Waals surface area contributed by atoms with E-state index in [0.717, 1.165) is 73.7 Å². The van der Waals surface area contributed by atoms with Crippen molar-refractivity contribution in [2.45, 2.75) is 51.3 Å². The van der Waals surface area contributed by atoms with Crippen molar-refractivity contribution in [2.24, 2.45) is 4.99 Å². The first-order valence-corrected chi connectivity index (χ1v) is 12.8. The number of aryl methyl sites for hydroxylation is 1. The number of methoxy groups -OCH3 is 1. The third-order valence-corrected chi connectivity index (χ3v) is 7.66. The normalized spacial score (nSPS) is 22.3. The van der Waals surface area contributed by atoms with Crippen LogP contribution in [0.15, 0.2) is 41.4 Å². The maximum atomic E-state index is 13.7. The van der Waals surface area contributed by atoms with Gasteiger partial charge in [0.2, 0.25) is 0 Å². The minimum absolute atomic E-state index is 0.0279. The lowest BCUT2D eigenvalue weighted by molar-refractivity contribution is 0.0712. The molecule has 188 valence electrons. The molecular weight excluding hydrogens is 452 g/mol. The Morgan fingerprint density at radius 1 is 1.14 bits per heavy atom. The van der Waals surface area contributed by atoms with E-state index < -0.39 is 0 Å². The molecule has 2 aromatic rings. The largest absolute Gasteiger partial charge is 0.380 e. The average Bonchev–Trinajstić information content (AvgIpc) is 3.57. The first-order valence-electron chi connectivity index (χ1n) is 12.8. The second-order valence-electron chi connectivity index (χ2n) is 10.00. The predicted molar refractivity (Wildman–Crippen MR) is 140 cm³/mol. The number of ether oxygens (including phenoxy) is 1. The van der Waals surface area contributed by atoms with Crippen LogP contribution < -0.4 is 15.8 Å². The predicted octanol–water partition coefficient (Wildman–Crippen LogP) is 3.31. The average molecular weight is 487 g/mol. The van der Waals surface area contributed by atoms with Crippen molar-refractivity contribution in [1.29, 1.82) is 5.26 Å². The highest BCUT2D eigenvalue weighted by Crippen LogP contribution is 2.32. The molecule has 2 atom stereocenters. The molecule has 1 unspecified atom stereocenters. The van der Waals surface area contributed by atoms with Crippen LogP contribution in [0.2, 0.25) is 0 Å². The molecule has 8 nitrogen and oxygen atoms in total. The SMILES string of the molecule is CO[C@@H]1CCN(c2cc(C)c(C(=O)N3CCC(c4ccc(C#N)cc4)CC3)cc2C2=NC(C)NN2)C1. The number of nitrogens with one attached hydrogen (secondary N) is 2. The first-order chi connectivity index (χ1) is 17.5. The Kier molecular flexibility index (Phi) is 6.95. The molecule has 0 aliphatic carbocycles. The summed E-state index contributed by atoms with van der Waals surface area (Å²) in [6.45, 7) is 7.21. The van der Waals surface area contributed by atoms with Gasteiger partial charge in [0.05, 0.1) is 17.7 Å². The van der Waals surface area contributed by atoms with Gasteiger partial charge in [-0.2, -0.15) is 5.26 Å². The van der Waals surface area contributed by atoms with E-state index in [-0.39, 0.29) is 18.2 Å². The van der Waals surface area contributed by atoms with Crippen LogP contribution in [0.3, 0.4) is 0 Å². The smallest absolute Gasteiger partial charge is 0.254 e. The van der Waals surface area contributed by atoms with E-state index in [0.29, 0.717) is 11.5 Å². The van der Waals surface area contributed by atoms with Crippen LogP contribution in [0, 0.1) is 18.3 Å². The van der Waals surface area contributed by atoms with Gasteiger partial charge in [-0.25, -0.2) is 10.4 Å². The fourth-order valence-corrected chi connectivity index (χ4v) is 5.50. The van der Waals surface area contributed by atoms with Crippen molar-refractivity contribution < 1.29 is 9.53 Å². The summed E-state index contributed by atoms with van der Waals surface area (Å²) in [6.07, 6.45) is 3.01. The summed E-state index contributed by atoms with van der Waals surface area (Å²) in [5.41, 5.74) is 12.0. The van der Waals surface area contributed by atoms with Gasteiger partial charge in [0.25, 0.3) is 5.91 Å². The van der Waals surface area contributed by atoms with Gasteiger partial charge in [0.15, 0.2) is 0 Å². The fourth-order valence-electron chi connectivity index (χ4n) is 5.50. The molecule has 2 aromatic carbocycles. The van der Waals surface area contributed by atoms with Crippen LogP contribution in [0.1, 0.15) is 64.7 Å². The van der Waals surface area contributed by atoms with Gasteiger partial charge >= 0.3 is 0 Å². The topological polar surface area (TPSA) is 93.0 Å². The highest BCUT2D eigenvalue weighted by Gasteiger charge is 2.30. The standard InChI is InChI=1S/C28H34N6O2/c1-18-14-26(34-13-10-23(17-34)36-3)25(27-30-19(2)31-32-27)15-24(18)28(35)33-11-8-22(9-12-33)21-6-4-20(16-29)5-7-21/h4-7,14-15,19,22-23,31H,8-13,17H2,1-3H3,(H,30,32)/t19?,23-/m1/s1. The molecule has 0 saturated carbocycles. The number of nitriles is 1. The maximum Gasteiger partial charge on any atom is 0.254 e. The zero-order valence-corrected chi connectivity index (χ0v) is 21.3. The summed E-state index contributed by atoms with van der Waals surface area (Å²) in [7, 11) is 1.76. The lowest BCUT2D eigenvalue weighted by Crippen LogP contribution is -2.39. The Labute approximate surface area is 212 Å². The molecule has 8 heteroatoms. The minimum Gasteiger partial charge on any atom is -0.380 e. The molecule has 0 bridgehead atoms. The molecule has 2 N–H and O–H groups in total. The third-order valence-electron chi connectivity index (χ3n) is 7.66. The van der Waals surface area contributed by atoms with Crippen molar-refractivity contribution in [1.82, 2.24) is 15.8 Å². The fraction of sp³-hybridized carbons (Fsp3) is 0.464. The molecule has 3 aliphatic heterocycles. The molecule has 1 amide bonds. The second kappa shape index (κ2) is 10.3. The zero-order valence-electron chi connectivity index (χ0n) is 21.3. The van der Waals surface area contributed by atoms with E-state index in [1.54, 1.807) is 7.11 Å². The number of nitrogens with zero attached hydrogens (tertiary/aromatic N) is 4. The molecule has 36 heavy (non-hydrogen) atoms. The molecule has 0 spiro atoms. The number of hydrogen-bond acceptors (Lipinski definition) is 7. The summed E-state index contributed by atoms with van der Waals surface area (Å²) < 4.78 is 5.59. The summed E-state index contributed by atoms with van der Waals surface area (Å²) in [4.78, 5) is 22.7. The number of aliphatic imine (C=N–C) groups is 1. The molecule has 3 aliphatic rings. The number of piperidine rings is 1. The first kappa shape index (κ1) is 24.3. The van der Waals surface area contributed by atoms with Crippen molar-refractivity contribution in [3.05, 3.63) is 64.2 Å². The van der Waals surface area contributed by atoms with Gasteiger partial charge in [-0.05, 0) is 74.4 Å².